The molecule has 1 aromatic rings. The highest BCUT2D eigenvalue weighted by atomic mass is 32.3. The first-order chi connectivity index (χ1) is 6.89. The third-order valence-electron chi connectivity index (χ3n) is 1.38. The van der Waals surface area contributed by atoms with Crippen molar-refractivity contribution in [3.8, 4) is 0 Å². The summed E-state index contributed by atoms with van der Waals surface area (Å²) in [5, 5.41) is 0. The molecule has 0 unspecified atom stereocenters. The molecule has 6 heteroatoms. The zero-order valence-electron chi connectivity index (χ0n) is 8.54. The molecule has 1 heterocycles. The molecule has 1 rings (SSSR count). The van der Waals surface area contributed by atoms with Gasteiger partial charge in [0.1, 0.15) is 0 Å². The molecule has 0 aromatic carbocycles. The molecule has 0 aliphatic carbocycles. The lowest BCUT2D eigenvalue weighted by Crippen LogP contribution is -1.96. The molecule has 0 saturated carbocycles. The van der Waals surface area contributed by atoms with Gasteiger partial charge < -0.3 is 0 Å². The first kappa shape index (κ1) is 13.8. The number of aryl methyl sites for hydroxylation is 1. The summed E-state index contributed by atoms with van der Waals surface area (Å²) in [6.07, 6.45) is 3.59. The molecule has 0 bridgehead atoms. The van der Waals surface area contributed by atoms with Crippen molar-refractivity contribution in [2.24, 2.45) is 0 Å². The van der Waals surface area contributed by atoms with E-state index in [0.717, 1.165) is 18.4 Å². The predicted molar refractivity (Wildman–Crippen MR) is 57.6 cm³/mol. The third-order valence-corrected chi connectivity index (χ3v) is 1.80. The number of rotatable bonds is 2. The molecule has 5 nitrogen and oxygen atoms in total. The van der Waals surface area contributed by atoms with E-state index in [-0.39, 0.29) is 0 Å². The lowest BCUT2D eigenvalue weighted by Gasteiger charge is -1.90. The standard InChI is InChI=1S/C8H9N.CH4O4S/c1-3-8-5-4-7(2)9-6-8;1-5-6(2,3)4/h3-6H,1H2,2H3;1H3,(H,2,3,4). The second-order valence-electron chi connectivity index (χ2n) is 2.53. The van der Waals surface area contributed by atoms with E-state index in [1.54, 1.807) is 6.08 Å². The minimum atomic E-state index is -4.16. The van der Waals surface area contributed by atoms with Gasteiger partial charge in [-0.3, -0.25) is 13.7 Å². The monoisotopic (exact) mass is 231 g/mol. The summed E-state index contributed by atoms with van der Waals surface area (Å²) in [5.74, 6) is 0. The normalized spacial score (nSPS) is 10.1. The molecule has 0 aliphatic heterocycles. The molecular formula is C9H13NO4S. The molecule has 84 valence electrons. The summed E-state index contributed by atoms with van der Waals surface area (Å²) < 4.78 is 29.7. The smallest absolute Gasteiger partial charge is 0.264 e. The average molecular weight is 231 g/mol. The van der Waals surface area contributed by atoms with Crippen LogP contribution >= 0.6 is 0 Å². The van der Waals surface area contributed by atoms with Gasteiger partial charge in [0.2, 0.25) is 0 Å². The van der Waals surface area contributed by atoms with Crippen LogP contribution in [0.5, 0.6) is 0 Å². The van der Waals surface area contributed by atoms with Gasteiger partial charge in [-0.1, -0.05) is 18.7 Å². The van der Waals surface area contributed by atoms with Gasteiger partial charge in [-0.25, -0.2) is 0 Å². The van der Waals surface area contributed by atoms with Crippen LogP contribution in [0.1, 0.15) is 11.3 Å². The summed E-state index contributed by atoms with van der Waals surface area (Å²) in [6.45, 7) is 5.59. The van der Waals surface area contributed by atoms with Gasteiger partial charge in [0.25, 0.3) is 0 Å². The Balaban J connectivity index is 0.000000288. The number of aromatic nitrogens is 1. The fraction of sp³-hybridized carbons (Fsp3) is 0.222. The zero-order valence-corrected chi connectivity index (χ0v) is 9.36. The Morgan fingerprint density at radius 2 is 2.07 bits per heavy atom. The van der Waals surface area contributed by atoms with Crippen LogP contribution in [0.2, 0.25) is 0 Å². The van der Waals surface area contributed by atoms with Crippen LogP contribution in [0.15, 0.2) is 24.9 Å². The SMILES string of the molecule is C=Cc1ccc(C)nc1.COS(=O)(=O)O. The van der Waals surface area contributed by atoms with Gasteiger partial charge in [0, 0.05) is 11.9 Å². The maximum Gasteiger partial charge on any atom is 0.397 e. The number of pyridine rings is 1. The van der Waals surface area contributed by atoms with E-state index < -0.39 is 10.4 Å². The van der Waals surface area contributed by atoms with Crippen molar-refractivity contribution < 1.29 is 17.2 Å². The molecule has 1 N–H and O–H groups in total. The predicted octanol–water partition coefficient (Wildman–Crippen LogP) is 1.47. The first-order valence-corrected chi connectivity index (χ1v) is 5.33. The Labute approximate surface area is 89.4 Å². The average Bonchev–Trinajstić information content (AvgIpc) is 2.19. The molecule has 0 radical (unpaired) electrons. The molecule has 0 saturated heterocycles. The van der Waals surface area contributed by atoms with Gasteiger partial charge in [0.15, 0.2) is 0 Å². The molecular weight excluding hydrogens is 218 g/mol. The summed E-state index contributed by atoms with van der Waals surface area (Å²) in [6, 6.07) is 3.96. The van der Waals surface area contributed by atoms with Crippen LogP contribution in [-0.2, 0) is 14.6 Å². The maximum absolute atomic E-state index is 9.33. The van der Waals surface area contributed by atoms with E-state index in [1.165, 1.54) is 0 Å². The van der Waals surface area contributed by atoms with Crippen molar-refractivity contribution in [2.45, 2.75) is 6.92 Å². The summed E-state index contributed by atoms with van der Waals surface area (Å²) >= 11 is 0. The van der Waals surface area contributed by atoms with E-state index in [0.29, 0.717) is 0 Å². The van der Waals surface area contributed by atoms with E-state index in [9.17, 15) is 8.42 Å². The molecule has 0 aliphatic rings. The highest BCUT2D eigenvalue weighted by Crippen LogP contribution is 1.98. The third kappa shape index (κ3) is 7.80. The molecule has 15 heavy (non-hydrogen) atoms. The van der Waals surface area contributed by atoms with Crippen LogP contribution in [0.3, 0.4) is 0 Å². The van der Waals surface area contributed by atoms with Crippen molar-refractivity contribution >= 4 is 16.5 Å². The van der Waals surface area contributed by atoms with Gasteiger partial charge in [-0.05, 0) is 18.6 Å². The van der Waals surface area contributed by atoms with Crippen LogP contribution in [0.4, 0.5) is 0 Å². The van der Waals surface area contributed by atoms with Crippen LogP contribution in [0, 0.1) is 6.92 Å². The van der Waals surface area contributed by atoms with Crippen LogP contribution < -0.4 is 0 Å². The van der Waals surface area contributed by atoms with Gasteiger partial charge >= 0.3 is 10.4 Å². The van der Waals surface area contributed by atoms with Crippen molar-refractivity contribution in [2.75, 3.05) is 7.11 Å². The van der Waals surface area contributed by atoms with E-state index in [1.807, 2.05) is 25.3 Å². The largest absolute Gasteiger partial charge is 0.397 e. The van der Waals surface area contributed by atoms with E-state index in [2.05, 4.69) is 15.7 Å². The van der Waals surface area contributed by atoms with Gasteiger partial charge in [0.05, 0.1) is 7.11 Å². The maximum atomic E-state index is 9.33. The summed E-state index contributed by atoms with van der Waals surface area (Å²) in [4.78, 5) is 4.08. The lowest BCUT2D eigenvalue weighted by molar-refractivity contribution is 0.324. The van der Waals surface area contributed by atoms with E-state index >= 15 is 0 Å². The minimum Gasteiger partial charge on any atom is -0.264 e. The van der Waals surface area contributed by atoms with Gasteiger partial charge in [-0.15, -0.1) is 0 Å². The van der Waals surface area contributed by atoms with Crippen molar-refractivity contribution in [3.63, 3.8) is 0 Å². The Kier molecular flexibility index (Phi) is 5.76. The molecule has 0 fully saturated rings. The molecule has 0 spiro atoms. The fourth-order valence-electron chi connectivity index (χ4n) is 0.600. The number of hydrogen-bond donors (Lipinski definition) is 1. The Morgan fingerprint density at radius 1 is 1.53 bits per heavy atom. The van der Waals surface area contributed by atoms with Crippen LogP contribution in [-0.4, -0.2) is 25.1 Å². The Morgan fingerprint density at radius 3 is 2.33 bits per heavy atom. The second-order valence-corrected chi connectivity index (χ2v) is 3.72. The quantitative estimate of drug-likeness (QED) is 0.780. The molecule has 0 atom stereocenters. The fourth-order valence-corrected chi connectivity index (χ4v) is 0.600. The summed E-state index contributed by atoms with van der Waals surface area (Å²) in [7, 11) is -3.29. The highest BCUT2D eigenvalue weighted by molar-refractivity contribution is 7.80. The highest BCUT2D eigenvalue weighted by Gasteiger charge is 1.94. The second kappa shape index (κ2) is 6.28. The van der Waals surface area contributed by atoms with E-state index in [4.69, 9.17) is 4.55 Å². The van der Waals surface area contributed by atoms with Crippen molar-refractivity contribution in [1.82, 2.24) is 4.98 Å². The molecule has 0 amide bonds. The molecule has 1 aromatic heterocycles. The summed E-state index contributed by atoms with van der Waals surface area (Å²) in [5.41, 5.74) is 2.11. The topological polar surface area (TPSA) is 76.5 Å². The van der Waals surface area contributed by atoms with Gasteiger partial charge in [-0.2, -0.15) is 8.42 Å². The number of nitrogens with zero attached hydrogens (tertiary/aromatic N) is 1. The van der Waals surface area contributed by atoms with Crippen LogP contribution in [0.25, 0.3) is 6.08 Å². The Bertz CT molecular complexity index is 397. The zero-order chi connectivity index (χ0) is 11.9. The van der Waals surface area contributed by atoms with Crippen molar-refractivity contribution in [3.05, 3.63) is 36.2 Å². The Hall–Kier alpha value is -1.24. The lowest BCUT2D eigenvalue weighted by atomic mass is 10.2. The number of hydrogen-bond acceptors (Lipinski definition) is 4. The van der Waals surface area contributed by atoms with Crippen molar-refractivity contribution in [1.29, 1.82) is 0 Å². The first-order valence-electron chi connectivity index (χ1n) is 3.97. The minimum absolute atomic E-state index is 0.870.